The SMILES string of the molecule is COc1cc(F)ccc1NC(=O)c1cc2ccccc2o1. The highest BCUT2D eigenvalue weighted by Crippen LogP contribution is 2.26. The minimum absolute atomic E-state index is 0.183. The summed E-state index contributed by atoms with van der Waals surface area (Å²) in [5.41, 5.74) is 1.01. The number of furan rings is 1. The number of amides is 1. The maximum Gasteiger partial charge on any atom is 0.291 e. The van der Waals surface area contributed by atoms with E-state index in [-0.39, 0.29) is 11.5 Å². The van der Waals surface area contributed by atoms with E-state index < -0.39 is 11.7 Å². The Morgan fingerprint density at radius 1 is 1.19 bits per heavy atom. The first-order chi connectivity index (χ1) is 10.2. The summed E-state index contributed by atoms with van der Waals surface area (Å²) in [4.78, 5) is 12.2. The molecule has 0 saturated carbocycles. The third-order valence-electron chi connectivity index (χ3n) is 3.06. The summed E-state index contributed by atoms with van der Waals surface area (Å²) in [7, 11) is 1.41. The van der Waals surface area contributed by atoms with Crippen molar-refractivity contribution < 1.29 is 18.3 Å². The van der Waals surface area contributed by atoms with E-state index in [4.69, 9.17) is 9.15 Å². The molecule has 106 valence electrons. The van der Waals surface area contributed by atoms with Crippen LogP contribution in [-0.4, -0.2) is 13.0 Å². The zero-order valence-electron chi connectivity index (χ0n) is 11.2. The zero-order valence-corrected chi connectivity index (χ0v) is 11.2. The lowest BCUT2D eigenvalue weighted by atomic mass is 10.2. The number of anilines is 1. The van der Waals surface area contributed by atoms with Crippen LogP contribution in [0.3, 0.4) is 0 Å². The quantitative estimate of drug-likeness (QED) is 0.795. The van der Waals surface area contributed by atoms with Gasteiger partial charge in [0.25, 0.3) is 5.91 Å². The maximum atomic E-state index is 13.1. The molecule has 2 aromatic carbocycles. The van der Waals surface area contributed by atoms with Crippen molar-refractivity contribution in [2.24, 2.45) is 0 Å². The molecular formula is C16H12FNO3. The molecule has 1 amide bonds. The molecule has 0 bridgehead atoms. The van der Waals surface area contributed by atoms with Crippen LogP contribution in [0.25, 0.3) is 11.0 Å². The van der Waals surface area contributed by atoms with E-state index in [1.807, 2.05) is 18.2 Å². The van der Waals surface area contributed by atoms with Crippen molar-refractivity contribution in [3.63, 3.8) is 0 Å². The lowest BCUT2D eigenvalue weighted by molar-refractivity contribution is 0.0998. The fraction of sp³-hybridized carbons (Fsp3) is 0.0625. The maximum absolute atomic E-state index is 13.1. The number of benzene rings is 2. The van der Waals surface area contributed by atoms with E-state index in [9.17, 15) is 9.18 Å². The van der Waals surface area contributed by atoms with E-state index in [2.05, 4.69) is 5.32 Å². The molecule has 21 heavy (non-hydrogen) atoms. The van der Waals surface area contributed by atoms with Crippen LogP contribution < -0.4 is 10.1 Å². The Bertz CT molecular complexity index is 777. The van der Waals surface area contributed by atoms with Gasteiger partial charge in [0.05, 0.1) is 12.8 Å². The number of halogens is 1. The fourth-order valence-corrected chi connectivity index (χ4v) is 2.05. The standard InChI is InChI=1S/C16H12FNO3/c1-20-14-9-11(17)6-7-12(14)18-16(19)15-8-10-4-2-3-5-13(10)21-15/h2-9H,1H3,(H,18,19). The molecule has 3 rings (SSSR count). The number of ether oxygens (including phenoxy) is 1. The second-order valence-corrected chi connectivity index (χ2v) is 4.45. The van der Waals surface area contributed by atoms with Gasteiger partial charge in [-0.2, -0.15) is 0 Å². The van der Waals surface area contributed by atoms with Crippen LogP contribution in [0.2, 0.25) is 0 Å². The molecule has 0 aliphatic rings. The Balaban J connectivity index is 1.89. The number of para-hydroxylation sites is 1. The molecule has 0 saturated heterocycles. The molecule has 5 heteroatoms. The highest BCUT2D eigenvalue weighted by atomic mass is 19.1. The third-order valence-corrected chi connectivity index (χ3v) is 3.06. The van der Waals surface area contributed by atoms with E-state index in [0.717, 1.165) is 5.39 Å². The summed E-state index contributed by atoms with van der Waals surface area (Å²) in [6.45, 7) is 0. The molecule has 1 aromatic heterocycles. The summed E-state index contributed by atoms with van der Waals surface area (Å²) >= 11 is 0. The van der Waals surface area contributed by atoms with Crippen molar-refractivity contribution >= 4 is 22.6 Å². The predicted molar refractivity (Wildman–Crippen MR) is 77.1 cm³/mol. The lowest BCUT2D eigenvalue weighted by Crippen LogP contribution is -2.11. The molecule has 0 unspecified atom stereocenters. The molecule has 0 aliphatic heterocycles. The molecule has 3 aromatic rings. The van der Waals surface area contributed by atoms with Gasteiger partial charge in [0.2, 0.25) is 0 Å². The highest BCUT2D eigenvalue weighted by molar-refractivity contribution is 6.05. The summed E-state index contributed by atoms with van der Waals surface area (Å²) in [5.74, 6) is -0.424. The van der Waals surface area contributed by atoms with Gasteiger partial charge in [0.15, 0.2) is 5.76 Å². The third kappa shape index (κ3) is 2.58. The van der Waals surface area contributed by atoms with Gasteiger partial charge in [-0.1, -0.05) is 18.2 Å². The normalized spacial score (nSPS) is 10.6. The first kappa shape index (κ1) is 13.2. The number of carbonyl (C=O) groups excluding carboxylic acids is 1. The van der Waals surface area contributed by atoms with Crippen LogP contribution in [0.4, 0.5) is 10.1 Å². The summed E-state index contributed by atoms with van der Waals surface area (Å²) < 4.78 is 23.6. The molecule has 0 aliphatic carbocycles. The van der Waals surface area contributed by atoms with Gasteiger partial charge < -0.3 is 14.5 Å². The first-order valence-electron chi connectivity index (χ1n) is 6.31. The van der Waals surface area contributed by atoms with Gasteiger partial charge in [-0.25, -0.2) is 4.39 Å². The lowest BCUT2D eigenvalue weighted by Gasteiger charge is -2.08. The molecule has 1 N–H and O–H groups in total. The van der Waals surface area contributed by atoms with Gasteiger partial charge in [0, 0.05) is 11.5 Å². The second-order valence-electron chi connectivity index (χ2n) is 4.45. The van der Waals surface area contributed by atoms with Gasteiger partial charge in [-0.3, -0.25) is 4.79 Å². The van der Waals surface area contributed by atoms with E-state index in [1.165, 1.54) is 25.3 Å². The van der Waals surface area contributed by atoms with Crippen LogP contribution in [0.15, 0.2) is 52.9 Å². The monoisotopic (exact) mass is 285 g/mol. The second kappa shape index (κ2) is 5.28. The average Bonchev–Trinajstić information content (AvgIpc) is 2.93. The molecule has 1 heterocycles. The van der Waals surface area contributed by atoms with Crippen LogP contribution >= 0.6 is 0 Å². The van der Waals surface area contributed by atoms with Crippen molar-refractivity contribution in [3.8, 4) is 5.75 Å². The molecular weight excluding hydrogens is 273 g/mol. The number of hydrogen-bond acceptors (Lipinski definition) is 3. The molecule has 0 spiro atoms. The number of hydrogen-bond donors (Lipinski definition) is 1. The summed E-state index contributed by atoms with van der Waals surface area (Å²) in [6.07, 6.45) is 0. The Morgan fingerprint density at radius 2 is 2.00 bits per heavy atom. The number of nitrogens with one attached hydrogen (secondary N) is 1. The average molecular weight is 285 g/mol. The van der Waals surface area contributed by atoms with Crippen LogP contribution in [0.1, 0.15) is 10.6 Å². The number of rotatable bonds is 3. The molecule has 0 fully saturated rings. The summed E-state index contributed by atoms with van der Waals surface area (Å²) in [6, 6.07) is 12.9. The van der Waals surface area contributed by atoms with Crippen molar-refractivity contribution in [1.82, 2.24) is 0 Å². The van der Waals surface area contributed by atoms with Crippen LogP contribution in [0.5, 0.6) is 5.75 Å². The Hall–Kier alpha value is -2.82. The van der Waals surface area contributed by atoms with Crippen LogP contribution in [0, 0.1) is 5.82 Å². The Kier molecular flexibility index (Phi) is 3.31. The van der Waals surface area contributed by atoms with Crippen molar-refractivity contribution in [2.45, 2.75) is 0 Å². The number of methoxy groups -OCH3 is 1. The van der Waals surface area contributed by atoms with Gasteiger partial charge in [0.1, 0.15) is 17.1 Å². The Labute approximate surface area is 120 Å². The number of fused-ring (bicyclic) bond motifs is 1. The Morgan fingerprint density at radius 3 is 2.76 bits per heavy atom. The van der Waals surface area contributed by atoms with Gasteiger partial charge in [-0.05, 0) is 24.3 Å². The molecule has 0 radical (unpaired) electrons. The minimum Gasteiger partial charge on any atom is -0.494 e. The topological polar surface area (TPSA) is 51.5 Å². The smallest absolute Gasteiger partial charge is 0.291 e. The summed E-state index contributed by atoms with van der Waals surface area (Å²) in [5, 5.41) is 3.48. The van der Waals surface area contributed by atoms with Crippen LogP contribution in [-0.2, 0) is 0 Å². The highest BCUT2D eigenvalue weighted by Gasteiger charge is 2.14. The van der Waals surface area contributed by atoms with Gasteiger partial charge in [-0.15, -0.1) is 0 Å². The van der Waals surface area contributed by atoms with E-state index in [0.29, 0.717) is 11.3 Å². The van der Waals surface area contributed by atoms with Crippen molar-refractivity contribution in [2.75, 3.05) is 12.4 Å². The fourth-order valence-electron chi connectivity index (χ4n) is 2.05. The van der Waals surface area contributed by atoms with Crippen molar-refractivity contribution in [1.29, 1.82) is 0 Å². The largest absolute Gasteiger partial charge is 0.494 e. The minimum atomic E-state index is -0.436. The predicted octanol–water partition coefficient (Wildman–Crippen LogP) is 3.83. The van der Waals surface area contributed by atoms with E-state index >= 15 is 0 Å². The zero-order chi connectivity index (χ0) is 14.8. The number of carbonyl (C=O) groups is 1. The first-order valence-corrected chi connectivity index (χ1v) is 6.31. The van der Waals surface area contributed by atoms with Gasteiger partial charge >= 0.3 is 0 Å². The molecule has 4 nitrogen and oxygen atoms in total. The van der Waals surface area contributed by atoms with E-state index in [1.54, 1.807) is 12.1 Å². The van der Waals surface area contributed by atoms with Crippen molar-refractivity contribution in [3.05, 3.63) is 60.1 Å². The molecule has 0 atom stereocenters.